The zero-order valence-corrected chi connectivity index (χ0v) is 15.7. The highest BCUT2D eigenvalue weighted by Gasteiger charge is 2.16. The number of methoxy groups -OCH3 is 1. The second kappa shape index (κ2) is 8.33. The van der Waals surface area contributed by atoms with Crippen LogP contribution in [0.2, 0.25) is 0 Å². The van der Waals surface area contributed by atoms with Crippen molar-refractivity contribution in [3.63, 3.8) is 0 Å². The number of benzene rings is 1. The van der Waals surface area contributed by atoms with Gasteiger partial charge in [-0.2, -0.15) is 0 Å². The van der Waals surface area contributed by atoms with Crippen molar-refractivity contribution < 1.29 is 14.3 Å². The summed E-state index contributed by atoms with van der Waals surface area (Å²) in [5.74, 6) is 0.0421. The van der Waals surface area contributed by atoms with Gasteiger partial charge in [0.05, 0.1) is 7.11 Å². The van der Waals surface area contributed by atoms with Gasteiger partial charge in [0.25, 0.3) is 0 Å². The smallest absolute Gasteiger partial charge is 0.322 e. The van der Waals surface area contributed by atoms with Crippen LogP contribution in [0.15, 0.2) is 30.5 Å². The first-order chi connectivity index (χ1) is 12.3. The van der Waals surface area contributed by atoms with Crippen molar-refractivity contribution in [2.24, 2.45) is 0 Å². The number of carbonyl (C=O) groups is 2. The van der Waals surface area contributed by atoms with Crippen LogP contribution in [0.1, 0.15) is 16.7 Å². The fourth-order valence-corrected chi connectivity index (χ4v) is 2.70. The summed E-state index contributed by atoms with van der Waals surface area (Å²) in [4.78, 5) is 29.9. The number of urea groups is 1. The Bertz CT molecular complexity index is 797. The Kier molecular flexibility index (Phi) is 6.16. The average molecular weight is 356 g/mol. The zero-order valence-electron chi connectivity index (χ0n) is 15.7. The highest BCUT2D eigenvalue weighted by molar-refractivity contribution is 5.98. The van der Waals surface area contributed by atoms with Gasteiger partial charge in [0.1, 0.15) is 12.2 Å². The molecule has 7 nitrogen and oxygen atoms in total. The van der Waals surface area contributed by atoms with Crippen LogP contribution >= 0.6 is 0 Å². The lowest BCUT2D eigenvalue weighted by Crippen LogP contribution is -2.38. The Morgan fingerprint density at radius 3 is 2.42 bits per heavy atom. The number of carbonyl (C=O) groups excluding carboxylic acids is 2. The first kappa shape index (κ1) is 19.2. The molecule has 1 aromatic heterocycles. The standard InChI is InChI=1S/C19H24N4O3/c1-12-9-13(2)17(14(3)10-12)22-16(24)11-23(4)19(25)21-15-7-6-8-20-18(15)26-5/h6-10H,11H2,1-5H3,(H,21,25)(H,22,24). The number of rotatable bonds is 5. The number of pyridine rings is 1. The molecule has 1 heterocycles. The molecular formula is C19H24N4O3. The van der Waals surface area contributed by atoms with Crippen LogP contribution in [0.25, 0.3) is 0 Å². The average Bonchev–Trinajstić information content (AvgIpc) is 2.58. The molecule has 26 heavy (non-hydrogen) atoms. The minimum Gasteiger partial charge on any atom is -0.480 e. The number of amides is 3. The third kappa shape index (κ3) is 4.72. The van der Waals surface area contributed by atoms with Crippen molar-refractivity contribution >= 4 is 23.3 Å². The monoisotopic (exact) mass is 356 g/mol. The summed E-state index contributed by atoms with van der Waals surface area (Å²) in [6, 6.07) is 6.95. The van der Waals surface area contributed by atoms with Crippen LogP contribution in [0.4, 0.5) is 16.2 Å². The van der Waals surface area contributed by atoms with Crippen LogP contribution in [-0.4, -0.2) is 42.5 Å². The molecule has 2 aromatic rings. The van der Waals surface area contributed by atoms with Crippen molar-refractivity contribution in [3.05, 3.63) is 47.2 Å². The predicted molar refractivity (Wildman–Crippen MR) is 102 cm³/mol. The summed E-state index contributed by atoms with van der Waals surface area (Å²) < 4.78 is 5.10. The van der Waals surface area contributed by atoms with Crippen molar-refractivity contribution in [2.75, 3.05) is 31.3 Å². The number of anilines is 2. The second-order valence-corrected chi connectivity index (χ2v) is 6.17. The highest BCUT2D eigenvalue weighted by Crippen LogP contribution is 2.22. The summed E-state index contributed by atoms with van der Waals surface area (Å²) in [5.41, 5.74) is 4.34. The summed E-state index contributed by atoms with van der Waals surface area (Å²) in [5, 5.41) is 5.56. The number of likely N-dealkylation sites (N-methyl/N-ethyl adjacent to an activating group) is 1. The van der Waals surface area contributed by atoms with Gasteiger partial charge in [0.2, 0.25) is 11.8 Å². The lowest BCUT2D eigenvalue weighted by Gasteiger charge is -2.19. The predicted octanol–water partition coefficient (Wildman–Crippen LogP) is 3.12. The van der Waals surface area contributed by atoms with E-state index in [9.17, 15) is 9.59 Å². The normalized spacial score (nSPS) is 10.2. The van der Waals surface area contributed by atoms with Crippen LogP contribution in [-0.2, 0) is 4.79 Å². The molecule has 2 N–H and O–H groups in total. The zero-order chi connectivity index (χ0) is 19.3. The van der Waals surface area contributed by atoms with Crippen LogP contribution in [0.5, 0.6) is 5.88 Å². The molecular weight excluding hydrogens is 332 g/mol. The molecule has 0 atom stereocenters. The van der Waals surface area contributed by atoms with E-state index in [-0.39, 0.29) is 12.5 Å². The summed E-state index contributed by atoms with van der Waals surface area (Å²) >= 11 is 0. The number of aryl methyl sites for hydroxylation is 3. The van der Waals surface area contributed by atoms with E-state index in [2.05, 4.69) is 15.6 Å². The number of nitrogens with zero attached hydrogens (tertiary/aromatic N) is 2. The number of hydrogen-bond acceptors (Lipinski definition) is 4. The minimum absolute atomic E-state index is 0.0822. The minimum atomic E-state index is -0.427. The summed E-state index contributed by atoms with van der Waals surface area (Å²) in [7, 11) is 3.02. The first-order valence-electron chi connectivity index (χ1n) is 8.20. The maximum Gasteiger partial charge on any atom is 0.322 e. The van der Waals surface area contributed by atoms with Gasteiger partial charge in [-0.15, -0.1) is 0 Å². The fourth-order valence-electron chi connectivity index (χ4n) is 2.70. The van der Waals surface area contributed by atoms with Crippen molar-refractivity contribution in [1.82, 2.24) is 9.88 Å². The van der Waals surface area contributed by atoms with Gasteiger partial charge in [-0.25, -0.2) is 9.78 Å². The first-order valence-corrected chi connectivity index (χ1v) is 8.20. The van der Waals surface area contributed by atoms with Crippen LogP contribution < -0.4 is 15.4 Å². The topological polar surface area (TPSA) is 83.6 Å². The van der Waals surface area contributed by atoms with Gasteiger partial charge in [0, 0.05) is 18.9 Å². The maximum atomic E-state index is 12.3. The van der Waals surface area contributed by atoms with E-state index < -0.39 is 6.03 Å². The molecule has 0 saturated heterocycles. The number of aromatic nitrogens is 1. The maximum absolute atomic E-state index is 12.3. The molecule has 0 spiro atoms. The van der Waals surface area contributed by atoms with E-state index in [4.69, 9.17) is 4.74 Å². The number of ether oxygens (including phenoxy) is 1. The van der Waals surface area contributed by atoms with Crippen molar-refractivity contribution in [1.29, 1.82) is 0 Å². The molecule has 2 rings (SSSR count). The molecule has 0 bridgehead atoms. The van der Waals surface area contributed by atoms with Gasteiger partial charge in [-0.3, -0.25) is 4.79 Å². The van der Waals surface area contributed by atoms with E-state index in [1.54, 1.807) is 25.4 Å². The fraction of sp³-hybridized carbons (Fsp3) is 0.316. The summed E-state index contributed by atoms with van der Waals surface area (Å²) in [6.45, 7) is 5.82. The Morgan fingerprint density at radius 2 is 1.81 bits per heavy atom. The van der Waals surface area contributed by atoms with Gasteiger partial charge >= 0.3 is 6.03 Å². The molecule has 0 saturated carbocycles. The van der Waals surface area contributed by atoms with E-state index >= 15 is 0 Å². The van der Waals surface area contributed by atoms with E-state index in [1.165, 1.54) is 12.0 Å². The van der Waals surface area contributed by atoms with E-state index in [1.807, 2.05) is 32.9 Å². The molecule has 0 radical (unpaired) electrons. The number of hydrogen-bond donors (Lipinski definition) is 2. The third-order valence-electron chi connectivity index (χ3n) is 3.88. The van der Waals surface area contributed by atoms with Crippen molar-refractivity contribution in [3.8, 4) is 5.88 Å². The quantitative estimate of drug-likeness (QED) is 0.862. The van der Waals surface area contributed by atoms with Crippen molar-refractivity contribution in [2.45, 2.75) is 20.8 Å². The molecule has 0 fully saturated rings. The Hall–Kier alpha value is -3.09. The van der Waals surface area contributed by atoms with Gasteiger partial charge < -0.3 is 20.3 Å². The van der Waals surface area contributed by atoms with E-state index in [0.29, 0.717) is 11.6 Å². The molecule has 0 unspecified atom stereocenters. The molecule has 0 aliphatic carbocycles. The molecule has 1 aromatic carbocycles. The van der Waals surface area contributed by atoms with E-state index in [0.717, 1.165) is 22.4 Å². The van der Waals surface area contributed by atoms with Gasteiger partial charge in [-0.1, -0.05) is 17.7 Å². The molecule has 0 aliphatic heterocycles. The molecule has 3 amide bonds. The second-order valence-electron chi connectivity index (χ2n) is 6.17. The summed E-state index contributed by atoms with van der Waals surface area (Å²) in [6.07, 6.45) is 1.57. The van der Waals surface area contributed by atoms with Gasteiger partial charge in [0.15, 0.2) is 0 Å². The molecule has 0 aliphatic rings. The van der Waals surface area contributed by atoms with Gasteiger partial charge in [-0.05, 0) is 44.0 Å². The Labute approximate surface area is 153 Å². The lowest BCUT2D eigenvalue weighted by molar-refractivity contribution is -0.116. The lowest BCUT2D eigenvalue weighted by atomic mass is 10.1. The largest absolute Gasteiger partial charge is 0.480 e. The molecule has 7 heteroatoms. The molecule has 138 valence electrons. The van der Waals surface area contributed by atoms with Crippen LogP contribution in [0, 0.1) is 20.8 Å². The Morgan fingerprint density at radius 1 is 1.15 bits per heavy atom. The SMILES string of the molecule is COc1ncccc1NC(=O)N(C)CC(=O)Nc1c(C)cc(C)cc1C. The number of nitrogens with one attached hydrogen (secondary N) is 2. The van der Waals surface area contributed by atoms with Crippen LogP contribution in [0.3, 0.4) is 0 Å². The Balaban J connectivity index is 1.99. The highest BCUT2D eigenvalue weighted by atomic mass is 16.5. The third-order valence-corrected chi connectivity index (χ3v) is 3.88.